The van der Waals surface area contributed by atoms with E-state index in [1.807, 2.05) is 18.2 Å². The molecule has 2 aromatic carbocycles. The maximum absolute atomic E-state index is 11.9. The van der Waals surface area contributed by atoms with Gasteiger partial charge in [0.15, 0.2) is 5.78 Å². The number of rotatable bonds is 4. The highest BCUT2D eigenvalue weighted by atomic mass is 35.5. The van der Waals surface area contributed by atoms with E-state index in [0.29, 0.717) is 17.0 Å². The summed E-state index contributed by atoms with van der Waals surface area (Å²) in [5.41, 5.74) is 1.41. The summed E-state index contributed by atoms with van der Waals surface area (Å²) < 4.78 is 0. The van der Waals surface area contributed by atoms with Crippen LogP contribution in [0, 0.1) is 0 Å². The number of hydrogen-bond acceptors (Lipinski definition) is 2. The van der Waals surface area contributed by atoms with Crippen molar-refractivity contribution in [2.45, 2.75) is 12.5 Å². The summed E-state index contributed by atoms with van der Waals surface area (Å²) in [6.07, 6.45) is -0.723. The van der Waals surface area contributed by atoms with Crippen LogP contribution in [0.1, 0.15) is 15.9 Å². The Bertz CT molecular complexity index is 520. The van der Waals surface area contributed by atoms with Gasteiger partial charge in [0.25, 0.3) is 0 Å². The van der Waals surface area contributed by atoms with E-state index in [2.05, 4.69) is 0 Å². The number of halogens is 1. The molecule has 3 heteroatoms. The standard InChI is InChI=1S/C15H13ClO2/c16-13-8-6-11(7-9-13)10-14(17)15(18)12-4-2-1-3-5-12/h1-9,14,17H,10H2. The van der Waals surface area contributed by atoms with E-state index in [0.717, 1.165) is 5.56 Å². The van der Waals surface area contributed by atoms with Crippen molar-refractivity contribution in [1.82, 2.24) is 0 Å². The average Bonchev–Trinajstić information content (AvgIpc) is 2.41. The molecule has 18 heavy (non-hydrogen) atoms. The van der Waals surface area contributed by atoms with E-state index in [9.17, 15) is 9.90 Å². The Balaban J connectivity index is 2.06. The van der Waals surface area contributed by atoms with Crippen LogP contribution in [0.2, 0.25) is 5.02 Å². The molecule has 0 amide bonds. The number of aliphatic hydroxyl groups is 1. The highest BCUT2D eigenvalue weighted by molar-refractivity contribution is 6.30. The molecule has 0 aliphatic carbocycles. The third kappa shape index (κ3) is 3.19. The molecule has 0 aromatic heterocycles. The molecule has 0 aliphatic heterocycles. The number of aliphatic hydroxyl groups excluding tert-OH is 1. The molecule has 92 valence electrons. The molecule has 0 saturated heterocycles. The first-order valence-electron chi connectivity index (χ1n) is 5.68. The van der Waals surface area contributed by atoms with Gasteiger partial charge in [0, 0.05) is 17.0 Å². The topological polar surface area (TPSA) is 37.3 Å². The van der Waals surface area contributed by atoms with Crippen molar-refractivity contribution in [3.8, 4) is 0 Å². The van der Waals surface area contributed by atoms with Gasteiger partial charge < -0.3 is 5.11 Å². The molecule has 0 saturated carbocycles. The average molecular weight is 261 g/mol. The van der Waals surface area contributed by atoms with Gasteiger partial charge in [-0.1, -0.05) is 54.1 Å². The lowest BCUT2D eigenvalue weighted by atomic mass is 10.0. The fourth-order valence-electron chi connectivity index (χ4n) is 1.73. The van der Waals surface area contributed by atoms with Gasteiger partial charge in [0.05, 0.1) is 0 Å². The largest absolute Gasteiger partial charge is 0.385 e. The van der Waals surface area contributed by atoms with Crippen LogP contribution in [0.3, 0.4) is 0 Å². The monoisotopic (exact) mass is 260 g/mol. The Labute approximate surface area is 111 Å². The maximum Gasteiger partial charge on any atom is 0.191 e. The second kappa shape index (κ2) is 5.80. The van der Waals surface area contributed by atoms with Crippen molar-refractivity contribution in [2.75, 3.05) is 0 Å². The van der Waals surface area contributed by atoms with Gasteiger partial charge in [-0.15, -0.1) is 0 Å². The van der Waals surface area contributed by atoms with Crippen molar-refractivity contribution in [3.05, 3.63) is 70.7 Å². The van der Waals surface area contributed by atoms with E-state index < -0.39 is 6.10 Å². The molecule has 1 N–H and O–H groups in total. The summed E-state index contributed by atoms with van der Waals surface area (Å²) in [5, 5.41) is 10.6. The number of benzene rings is 2. The second-order valence-electron chi connectivity index (χ2n) is 4.08. The zero-order valence-corrected chi connectivity index (χ0v) is 10.5. The normalized spacial score (nSPS) is 12.1. The number of carbonyl (C=O) groups excluding carboxylic acids is 1. The number of carbonyl (C=O) groups is 1. The summed E-state index contributed by atoms with van der Waals surface area (Å²) in [6.45, 7) is 0. The minimum absolute atomic E-state index is 0.259. The third-order valence-corrected chi connectivity index (χ3v) is 2.96. The lowest BCUT2D eigenvalue weighted by Crippen LogP contribution is -2.22. The second-order valence-corrected chi connectivity index (χ2v) is 4.51. The molecule has 2 aromatic rings. The van der Waals surface area contributed by atoms with Crippen molar-refractivity contribution in [3.63, 3.8) is 0 Å². The first-order valence-corrected chi connectivity index (χ1v) is 6.06. The molecule has 1 atom stereocenters. The fourth-order valence-corrected chi connectivity index (χ4v) is 1.86. The SMILES string of the molecule is O=C(c1ccccc1)C(O)Cc1ccc(Cl)cc1. The zero-order chi connectivity index (χ0) is 13.0. The molecule has 0 aliphatic rings. The minimum atomic E-state index is -1.02. The molecule has 0 heterocycles. The number of ketones is 1. The Morgan fingerprint density at radius 3 is 2.28 bits per heavy atom. The van der Waals surface area contributed by atoms with Gasteiger partial charge >= 0.3 is 0 Å². The third-order valence-electron chi connectivity index (χ3n) is 2.70. The lowest BCUT2D eigenvalue weighted by Gasteiger charge is -2.09. The Hall–Kier alpha value is -1.64. The predicted octanol–water partition coefficient (Wildman–Crippen LogP) is 3.13. The highest BCUT2D eigenvalue weighted by Gasteiger charge is 2.17. The molecular formula is C15H13ClO2. The Morgan fingerprint density at radius 2 is 1.67 bits per heavy atom. The molecule has 0 radical (unpaired) electrons. The summed E-state index contributed by atoms with van der Waals surface area (Å²) in [5.74, 6) is -0.259. The fraction of sp³-hybridized carbons (Fsp3) is 0.133. The first kappa shape index (κ1) is 12.8. The van der Waals surface area contributed by atoms with Crippen LogP contribution in [0.25, 0.3) is 0 Å². The lowest BCUT2D eigenvalue weighted by molar-refractivity contribution is 0.0748. The molecule has 0 spiro atoms. The van der Waals surface area contributed by atoms with Gasteiger partial charge in [-0.3, -0.25) is 4.79 Å². The number of Topliss-reactive ketones (excluding diaryl/α,β-unsaturated/α-hetero) is 1. The van der Waals surface area contributed by atoms with Crippen LogP contribution in [0.5, 0.6) is 0 Å². The highest BCUT2D eigenvalue weighted by Crippen LogP contribution is 2.13. The van der Waals surface area contributed by atoms with Crippen molar-refractivity contribution < 1.29 is 9.90 Å². The predicted molar refractivity (Wildman–Crippen MR) is 71.9 cm³/mol. The summed E-state index contributed by atoms with van der Waals surface area (Å²) in [6, 6.07) is 15.9. The van der Waals surface area contributed by atoms with E-state index in [-0.39, 0.29) is 5.78 Å². The summed E-state index contributed by atoms with van der Waals surface area (Å²) in [7, 11) is 0. The minimum Gasteiger partial charge on any atom is -0.385 e. The van der Waals surface area contributed by atoms with Gasteiger partial charge in [-0.05, 0) is 17.7 Å². The van der Waals surface area contributed by atoms with E-state index in [1.165, 1.54) is 0 Å². The molecule has 2 rings (SSSR count). The van der Waals surface area contributed by atoms with Crippen molar-refractivity contribution >= 4 is 17.4 Å². The summed E-state index contributed by atoms with van der Waals surface area (Å²) in [4.78, 5) is 11.9. The van der Waals surface area contributed by atoms with E-state index in [4.69, 9.17) is 11.6 Å². The molecule has 2 nitrogen and oxygen atoms in total. The van der Waals surface area contributed by atoms with Crippen LogP contribution in [0.4, 0.5) is 0 Å². The number of hydrogen-bond donors (Lipinski definition) is 1. The van der Waals surface area contributed by atoms with Crippen LogP contribution in [-0.4, -0.2) is 17.0 Å². The van der Waals surface area contributed by atoms with Gasteiger partial charge in [-0.25, -0.2) is 0 Å². The summed E-state index contributed by atoms with van der Waals surface area (Å²) >= 11 is 5.78. The van der Waals surface area contributed by atoms with Gasteiger partial charge in [0.2, 0.25) is 0 Å². The Morgan fingerprint density at radius 1 is 1.06 bits per heavy atom. The maximum atomic E-state index is 11.9. The Kier molecular flexibility index (Phi) is 4.13. The van der Waals surface area contributed by atoms with Crippen molar-refractivity contribution in [2.24, 2.45) is 0 Å². The zero-order valence-electron chi connectivity index (χ0n) is 9.71. The van der Waals surface area contributed by atoms with Crippen LogP contribution in [-0.2, 0) is 6.42 Å². The van der Waals surface area contributed by atoms with Crippen LogP contribution < -0.4 is 0 Å². The van der Waals surface area contributed by atoms with Crippen LogP contribution >= 0.6 is 11.6 Å². The molecular weight excluding hydrogens is 248 g/mol. The van der Waals surface area contributed by atoms with Gasteiger partial charge in [0.1, 0.15) is 6.10 Å². The van der Waals surface area contributed by atoms with E-state index >= 15 is 0 Å². The first-order chi connectivity index (χ1) is 8.66. The van der Waals surface area contributed by atoms with E-state index in [1.54, 1.807) is 36.4 Å². The molecule has 1 unspecified atom stereocenters. The quantitative estimate of drug-likeness (QED) is 0.858. The van der Waals surface area contributed by atoms with Gasteiger partial charge in [-0.2, -0.15) is 0 Å². The van der Waals surface area contributed by atoms with Crippen LogP contribution in [0.15, 0.2) is 54.6 Å². The smallest absolute Gasteiger partial charge is 0.191 e. The van der Waals surface area contributed by atoms with Crippen molar-refractivity contribution in [1.29, 1.82) is 0 Å². The molecule has 0 bridgehead atoms. The molecule has 0 fully saturated rings.